The number of nitrogens with zero attached hydrogens (tertiary/aromatic N) is 2. The first kappa shape index (κ1) is 14.8. The molecule has 1 aliphatic rings. The summed E-state index contributed by atoms with van der Waals surface area (Å²) in [4.78, 5) is 4.92. The van der Waals surface area contributed by atoms with E-state index in [-0.39, 0.29) is 0 Å². The molecule has 1 unspecified atom stereocenters. The van der Waals surface area contributed by atoms with Crippen LogP contribution in [0.4, 0.5) is 5.69 Å². The summed E-state index contributed by atoms with van der Waals surface area (Å²) < 4.78 is 1.07. The molecule has 2 rings (SSSR count). The lowest BCUT2D eigenvalue weighted by Gasteiger charge is -2.38. The van der Waals surface area contributed by atoms with Crippen LogP contribution in [0.2, 0.25) is 0 Å². The van der Waals surface area contributed by atoms with Gasteiger partial charge in [-0.3, -0.25) is 4.90 Å². The summed E-state index contributed by atoms with van der Waals surface area (Å²) >= 11 is 3.63. The van der Waals surface area contributed by atoms with Crippen LogP contribution in [-0.4, -0.2) is 42.2 Å². The predicted octanol–water partition coefficient (Wildman–Crippen LogP) is 3.03. The van der Waals surface area contributed by atoms with Crippen molar-refractivity contribution in [3.63, 3.8) is 0 Å². The molecule has 1 aliphatic heterocycles. The molecule has 1 saturated heterocycles. The van der Waals surface area contributed by atoms with Crippen LogP contribution >= 0.6 is 15.9 Å². The Labute approximate surface area is 124 Å². The Morgan fingerprint density at radius 1 is 1.11 bits per heavy atom. The lowest BCUT2D eigenvalue weighted by molar-refractivity contribution is 0.199. The van der Waals surface area contributed by atoms with Gasteiger partial charge in [-0.1, -0.05) is 6.07 Å². The van der Waals surface area contributed by atoms with Gasteiger partial charge in [0.1, 0.15) is 0 Å². The minimum atomic E-state index is -0.414. The molecule has 1 aromatic rings. The van der Waals surface area contributed by atoms with E-state index in [0.29, 0.717) is 6.04 Å². The average Bonchev–Trinajstić information content (AvgIpc) is 2.38. The van der Waals surface area contributed by atoms with Crippen LogP contribution in [0.1, 0.15) is 32.4 Å². The number of hydrogen-bond acceptors (Lipinski definition) is 3. The van der Waals surface area contributed by atoms with E-state index >= 15 is 0 Å². The van der Waals surface area contributed by atoms with E-state index < -0.39 is 6.10 Å². The minimum absolute atomic E-state index is 0.414. The maximum atomic E-state index is 9.60. The second-order valence-corrected chi connectivity index (χ2v) is 6.36. The lowest BCUT2D eigenvalue weighted by Crippen LogP contribution is -2.49. The standard InChI is InChI=1S/C15H23BrN2O/c1-11(2)17-6-8-18(9-7-17)15-5-4-13(12(3)19)10-14(15)16/h4-5,10-12,19H,6-9H2,1-3H3. The van der Waals surface area contributed by atoms with Crippen LogP contribution in [0.25, 0.3) is 0 Å². The zero-order chi connectivity index (χ0) is 14.0. The molecule has 1 heterocycles. The molecule has 19 heavy (non-hydrogen) atoms. The smallest absolute Gasteiger partial charge is 0.0762 e. The molecular formula is C15H23BrN2O. The molecule has 1 fully saturated rings. The van der Waals surface area contributed by atoms with E-state index in [1.807, 2.05) is 12.1 Å². The minimum Gasteiger partial charge on any atom is -0.389 e. The van der Waals surface area contributed by atoms with Crippen molar-refractivity contribution in [1.82, 2.24) is 4.90 Å². The van der Waals surface area contributed by atoms with Crippen molar-refractivity contribution in [3.8, 4) is 0 Å². The topological polar surface area (TPSA) is 26.7 Å². The number of hydrogen-bond donors (Lipinski definition) is 1. The van der Waals surface area contributed by atoms with Crippen LogP contribution in [0.3, 0.4) is 0 Å². The zero-order valence-electron chi connectivity index (χ0n) is 11.9. The molecule has 106 valence electrons. The molecular weight excluding hydrogens is 304 g/mol. The Morgan fingerprint density at radius 3 is 2.21 bits per heavy atom. The lowest BCUT2D eigenvalue weighted by atomic mass is 10.1. The van der Waals surface area contributed by atoms with Gasteiger partial charge in [0.15, 0.2) is 0 Å². The molecule has 0 radical (unpaired) electrons. The van der Waals surface area contributed by atoms with E-state index in [2.05, 4.69) is 45.6 Å². The quantitative estimate of drug-likeness (QED) is 0.924. The maximum Gasteiger partial charge on any atom is 0.0762 e. The van der Waals surface area contributed by atoms with Crippen molar-refractivity contribution in [2.24, 2.45) is 0 Å². The molecule has 0 aliphatic carbocycles. The first-order valence-corrected chi connectivity index (χ1v) is 7.75. The van der Waals surface area contributed by atoms with Crippen molar-refractivity contribution in [2.75, 3.05) is 31.1 Å². The Bertz CT molecular complexity index is 426. The molecule has 0 saturated carbocycles. The second-order valence-electron chi connectivity index (χ2n) is 5.50. The zero-order valence-corrected chi connectivity index (χ0v) is 13.5. The highest BCUT2D eigenvalue weighted by molar-refractivity contribution is 9.10. The van der Waals surface area contributed by atoms with Crippen LogP contribution in [-0.2, 0) is 0 Å². The number of rotatable bonds is 3. The Morgan fingerprint density at radius 2 is 1.74 bits per heavy atom. The highest BCUT2D eigenvalue weighted by Crippen LogP contribution is 2.30. The van der Waals surface area contributed by atoms with Crippen LogP contribution in [0, 0.1) is 0 Å². The van der Waals surface area contributed by atoms with E-state index in [1.54, 1.807) is 6.92 Å². The first-order chi connectivity index (χ1) is 8.99. The third kappa shape index (κ3) is 3.50. The van der Waals surface area contributed by atoms with Crippen molar-refractivity contribution in [3.05, 3.63) is 28.2 Å². The molecule has 1 aromatic carbocycles. The van der Waals surface area contributed by atoms with Crippen molar-refractivity contribution < 1.29 is 5.11 Å². The molecule has 1 N–H and O–H groups in total. The Hall–Kier alpha value is -0.580. The molecule has 0 amide bonds. The van der Waals surface area contributed by atoms with Crippen molar-refractivity contribution in [2.45, 2.75) is 32.9 Å². The molecule has 4 heteroatoms. The fourth-order valence-electron chi connectivity index (χ4n) is 2.52. The van der Waals surface area contributed by atoms with E-state index in [1.165, 1.54) is 5.69 Å². The monoisotopic (exact) mass is 326 g/mol. The summed E-state index contributed by atoms with van der Waals surface area (Å²) in [7, 11) is 0. The fraction of sp³-hybridized carbons (Fsp3) is 0.600. The van der Waals surface area contributed by atoms with Gasteiger partial charge in [-0.15, -0.1) is 0 Å². The van der Waals surface area contributed by atoms with Gasteiger partial charge in [-0.2, -0.15) is 0 Å². The highest BCUT2D eigenvalue weighted by Gasteiger charge is 2.20. The van der Waals surface area contributed by atoms with Gasteiger partial charge in [0.2, 0.25) is 0 Å². The number of aliphatic hydroxyl groups excluding tert-OH is 1. The summed E-state index contributed by atoms with van der Waals surface area (Å²) in [5.74, 6) is 0. The third-order valence-electron chi connectivity index (χ3n) is 3.84. The summed E-state index contributed by atoms with van der Waals surface area (Å²) in [5, 5.41) is 9.60. The van der Waals surface area contributed by atoms with E-state index in [9.17, 15) is 5.11 Å². The molecule has 0 aromatic heterocycles. The van der Waals surface area contributed by atoms with Gasteiger partial charge >= 0.3 is 0 Å². The summed E-state index contributed by atoms with van der Waals surface area (Å²) in [6, 6.07) is 6.77. The van der Waals surface area contributed by atoms with Gasteiger partial charge in [0.05, 0.1) is 11.8 Å². The second kappa shape index (κ2) is 6.25. The molecule has 0 bridgehead atoms. The summed E-state index contributed by atoms with van der Waals surface area (Å²) in [6.45, 7) is 10.6. The molecule has 0 spiro atoms. The number of halogens is 1. The van der Waals surface area contributed by atoms with Gasteiger partial charge in [0.25, 0.3) is 0 Å². The summed E-state index contributed by atoms with van der Waals surface area (Å²) in [5.41, 5.74) is 2.18. The fourth-order valence-corrected chi connectivity index (χ4v) is 3.17. The van der Waals surface area contributed by atoms with Crippen molar-refractivity contribution in [1.29, 1.82) is 0 Å². The number of aliphatic hydroxyl groups is 1. The van der Waals surface area contributed by atoms with E-state index in [0.717, 1.165) is 36.2 Å². The maximum absolute atomic E-state index is 9.60. The number of piperazine rings is 1. The van der Waals surface area contributed by atoms with Crippen LogP contribution in [0.5, 0.6) is 0 Å². The highest BCUT2D eigenvalue weighted by atomic mass is 79.9. The SMILES string of the molecule is CC(O)c1ccc(N2CCN(C(C)C)CC2)c(Br)c1. The van der Waals surface area contributed by atoms with E-state index in [4.69, 9.17) is 0 Å². The van der Waals surface area contributed by atoms with Gasteiger partial charge in [-0.25, -0.2) is 0 Å². The van der Waals surface area contributed by atoms with Gasteiger partial charge < -0.3 is 10.0 Å². The molecule has 3 nitrogen and oxygen atoms in total. The first-order valence-electron chi connectivity index (χ1n) is 6.95. The third-order valence-corrected chi connectivity index (χ3v) is 4.47. The largest absolute Gasteiger partial charge is 0.389 e. The number of benzene rings is 1. The molecule has 1 atom stereocenters. The Balaban J connectivity index is 2.07. The average molecular weight is 327 g/mol. The Kier molecular flexibility index (Phi) is 4.87. The predicted molar refractivity (Wildman–Crippen MR) is 83.7 cm³/mol. The van der Waals surface area contributed by atoms with Crippen LogP contribution < -0.4 is 4.90 Å². The number of anilines is 1. The van der Waals surface area contributed by atoms with Gasteiger partial charge in [0, 0.05) is 36.7 Å². The summed E-state index contributed by atoms with van der Waals surface area (Å²) in [6.07, 6.45) is -0.414. The van der Waals surface area contributed by atoms with Gasteiger partial charge in [-0.05, 0) is 54.4 Å². The van der Waals surface area contributed by atoms with Crippen LogP contribution in [0.15, 0.2) is 22.7 Å². The van der Waals surface area contributed by atoms with Crippen molar-refractivity contribution >= 4 is 21.6 Å². The normalized spacial score (nSPS) is 18.9.